The highest BCUT2D eigenvalue weighted by molar-refractivity contribution is 7.99. The van der Waals surface area contributed by atoms with Crippen molar-refractivity contribution in [3.05, 3.63) is 79.0 Å². The Balaban J connectivity index is 1.83. The van der Waals surface area contributed by atoms with Gasteiger partial charge in [0.15, 0.2) is 0 Å². The number of pyridine rings is 1. The van der Waals surface area contributed by atoms with Gasteiger partial charge in [0.1, 0.15) is 16.4 Å². The second-order valence-corrected chi connectivity index (χ2v) is 6.50. The van der Waals surface area contributed by atoms with Crippen molar-refractivity contribution >= 4 is 23.1 Å². The second-order valence-electron chi connectivity index (χ2n) is 5.44. The number of hydrogen-bond acceptors (Lipinski definition) is 3. The van der Waals surface area contributed by atoms with Gasteiger partial charge in [0.2, 0.25) is 0 Å². The molecule has 0 unspecified atom stereocenters. The highest BCUT2D eigenvalue weighted by atomic mass is 32.2. The smallest absolute Gasteiger partial charge is 0.138 e. The van der Waals surface area contributed by atoms with Crippen molar-refractivity contribution in [2.75, 3.05) is 12.4 Å². The topological polar surface area (TPSA) is 29.3 Å². The number of rotatable bonds is 4. The van der Waals surface area contributed by atoms with Gasteiger partial charge in [-0.25, -0.2) is 4.98 Å². The minimum Gasteiger partial charge on any atom is -0.388 e. The SMILES string of the molecule is CNc1ccc(Sc2c(-c3ccccc3)nc3ccccn23)cc1. The molecule has 24 heavy (non-hydrogen) atoms. The van der Waals surface area contributed by atoms with Crippen LogP contribution in [0.5, 0.6) is 0 Å². The van der Waals surface area contributed by atoms with Gasteiger partial charge >= 0.3 is 0 Å². The maximum Gasteiger partial charge on any atom is 0.138 e. The molecule has 0 aliphatic carbocycles. The maximum absolute atomic E-state index is 4.84. The van der Waals surface area contributed by atoms with Crippen LogP contribution in [0.4, 0.5) is 5.69 Å². The van der Waals surface area contributed by atoms with Crippen molar-refractivity contribution in [1.82, 2.24) is 9.38 Å². The first kappa shape index (κ1) is 14.8. The van der Waals surface area contributed by atoms with E-state index in [4.69, 9.17) is 4.98 Å². The van der Waals surface area contributed by atoms with Gasteiger partial charge in [0.25, 0.3) is 0 Å². The lowest BCUT2D eigenvalue weighted by molar-refractivity contribution is 1.05. The molecule has 0 radical (unpaired) electrons. The Labute approximate surface area is 145 Å². The monoisotopic (exact) mass is 331 g/mol. The fourth-order valence-corrected chi connectivity index (χ4v) is 3.66. The third-order valence-corrected chi connectivity index (χ3v) is 4.98. The summed E-state index contributed by atoms with van der Waals surface area (Å²) in [6, 6.07) is 24.9. The molecule has 0 saturated heterocycles. The predicted molar refractivity (Wildman–Crippen MR) is 101 cm³/mol. The average molecular weight is 331 g/mol. The Morgan fingerprint density at radius 1 is 0.875 bits per heavy atom. The van der Waals surface area contributed by atoms with Crippen LogP contribution >= 0.6 is 11.8 Å². The Bertz CT molecular complexity index is 959. The van der Waals surface area contributed by atoms with E-state index >= 15 is 0 Å². The van der Waals surface area contributed by atoms with Gasteiger partial charge in [-0.3, -0.25) is 4.40 Å². The van der Waals surface area contributed by atoms with E-state index in [2.05, 4.69) is 64.4 Å². The molecule has 2 aromatic heterocycles. The molecule has 4 heteroatoms. The van der Waals surface area contributed by atoms with Crippen LogP contribution in [0, 0.1) is 0 Å². The van der Waals surface area contributed by atoms with Crippen molar-refractivity contribution in [1.29, 1.82) is 0 Å². The molecule has 0 aliphatic heterocycles. The zero-order valence-electron chi connectivity index (χ0n) is 13.3. The van der Waals surface area contributed by atoms with E-state index in [0.29, 0.717) is 0 Å². The average Bonchev–Trinajstić information content (AvgIpc) is 3.02. The number of fused-ring (bicyclic) bond motifs is 1. The van der Waals surface area contributed by atoms with Crippen LogP contribution in [0.1, 0.15) is 0 Å². The molecule has 0 atom stereocenters. The molecule has 1 N–H and O–H groups in total. The van der Waals surface area contributed by atoms with E-state index in [-0.39, 0.29) is 0 Å². The summed E-state index contributed by atoms with van der Waals surface area (Å²) < 4.78 is 2.15. The van der Waals surface area contributed by atoms with Crippen LogP contribution in [-0.2, 0) is 0 Å². The second kappa shape index (κ2) is 6.42. The lowest BCUT2D eigenvalue weighted by Crippen LogP contribution is -1.88. The van der Waals surface area contributed by atoms with Crippen LogP contribution in [0.25, 0.3) is 16.9 Å². The zero-order chi connectivity index (χ0) is 16.4. The van der Waals surface area contributed by atoms with Gasteiger partial charge in [0.05, 0.1) is 0 Å². The van der Waals surface area contributed by atoms with E-state index in [1.165, 1.54) is 4.90 Å². The minimum absolute atomic E-state index is 0.964. The lowest BCUT2D eigenvalue weighted by Gasteiger charge is -2.06. The van der Waals surface area contributed by atoms with E-state index in [1.807, 2.05) is 31.3 Å². The summed E-state index contributed by atoms with van der Waals surface area (Å²) in [5.74, 6) is 0. The molecule has 4 aromatic rings. The van der Waals surface area contributed by atoms with Gasteiger partial charge < -0.3 is 5.32 Å². The molecule has 0 bridgehead atoms. The van der Waals surface area contributed by atoms with Crippen LogP contribution in [0.3, 0.4) is 0 Å². The van der Waals surface area contributed by atoms with Gasteiger partial charge in [-0.1, -0.05) is 48.2 Å². The van der Waals surface area contributed by atoms with Gasteiger partial charge in [-0.2, -0.15) is 0 Å². The van der Waals surface area contributed by atoms with Crippen molar-refractivity contribution in [3.8, 4) is 11.3 Å². The fourth-order valence-electron chi connectivity index (χ4n) is 2.66. The normalized spacial score (nSPS) is 10.9. The molecule has 0 saturated carbocycles. The first-order chi connectivity index (χ1) is 11.8. The maximum atomic E-state index is 4.84. The third kappa shape index (κ3) is 2.76. The van der Waals surface area contributed by atoms with Crippen molar-refractivity contribution < 1.29 is 0 Å². The van der Waals surface area contributed by atoms with Gasteiger partial charge in [-0.05, 0) is 36.4 Å². The van der Waals surface area contributed by atoms with E-state index in [9.17, 15) is 0 Å². The molecule has 2 aromatic carbocycles. The Morgan fingerprint density at radius 3 is 2.38 bits per heavy atom. The molecule has 0 aliphatic rings. The van der Waals surface area contributed by atoms with Crippen molar-refractivity contribution in [3.63, 3.8) is 0 Å². The number of anilines is 1. The summed E-state index contributed by atoms with van der Waals surface area (Å²) >= 11 is 1.74. The molecule has 0 fully saturated rings. The summed E-state index contributed by atoms with van der Waals surface area (Å²) in [7, 11) is 1.93. The Hall–Kier alpha value is -2.72. The molecular weight excluding hydrogens is 314 g/mol. The summed E-state index contributed by atoms with van der Waals surface area (Å²) in [4.78, 5) is 6.03. The fraction of sp³-hybridized carbons (Fsp3) is 0.0500. The zero-order valence-corrected chi connectivity index (χ0v) is 14.1. The third-order valence-electron chi connectivity index (χ3n) is 3.89. The molecule has 2 heterocycles. The number of hydrogen-bond donors (Lipinski definition) is 1. The lowest BCUT2D eigenvalue weighted by atomic mass is 10.2. The molecule has 3 nitrogen and oxygen atoms in total. The quantitative estimate of drug-likeness (QED) is 0.558. The summed E-state index contributed by atoms with van der Waals surface area (Å²) in [5.41, 5.74) is 4.23. The summed E-state index contributed by atoms with van der Waals surface area (Å²) in [5, 5.41) is 4.29. The highest BCUT2D eigenvalue weighted by Crippen LogP contribution is 2.36. The number of imidazole rings is 1. The summed E-state index contributed by atoms with van der Waals surface area (Å²) in [6.07, 6.45) is 2.07. The van der Waals surface area contributed by atoms with Crippen LogP contribution < -0.4 is 5.32 Å². The Morgan fingerprint density at radius 2 is 1.62 bits per heavy atom. The predicted octanol–water partition coefficient (Wildman–Crippen LogP) is 5.19. The van der Waals surface area contributed by atoms with Crippen LogP contribution in [-0.4, -0.2) is 16.4 Å². The minimum atomic E-state index is 0.964. The molecule has 0 amide bonds. The standard InChI is InChI=1S/C20H17N3S/c1-21-16-10-12-17(13-11-16)24-20-19(15-7-3-2-4-8-15)22-18-9-5-6-14-23(18)20/h2-14,21H,1H3. The first-order valence-electron chi connectivity index (χ1n) is 7.83. The number of nitrogens with one attached hydrogen (secondary N) is 1. The number of aromatic nitrogens is 2. The van der Waals surface area contributed by atoms with Crippen molar-refractivity contribution in [2.45, 2.75) is 9.92 Å². The Kier molecular flexibility index (Phi) is 3.97. The largest absolute Gasteiger partial charge is 0.388 e. The first-order valence-corrected chi connectivity index (χ1v) is 8.65. The van der Waals surface area contributed by atoms with Crippen LogP contribution in [0.2, 0.25) is 0 Å². The highest BCUT2D eigenvalue weighted by Gasteiger charge is 2.14. The van der Waals surface area contributed by atoms with E-state index in [1.54, 1.807) is 11.8 Å². The molecule has 0 spiro atoms. The number of nitrogens with zero attached hydrogens (tertiary/aromatic N) is 2. The molecular formula is C20H17N3S. The number of benzene rings is 2. The van der Waals surface area contributed by atoms with Gasteiger partial charge in [0, 0.05) is 29.4 Å². The molecule has 118 valence electrons. The van der Waals surface area contributed by atoms with E-state index < -0.39 is 0 Å². The molecule has 4 rings (SSSR count). The van der Waals surface area contributed by atoms with Crippen LogP contribution in [0.15, 0.2) is 88.9 Å². The van der Waals surface area contributed by atoms with E-state index in [0.717, 1.165) is 27.6 Å². The van der Waals surface area contributed by atoms with Crippen molar-refractivity contribution in [2.24, 2.45) is 0 Å². The summed E-state index contributed by atoms with van der Waals surface area (Å²) in [6.45, 7) is 0. The van der Waals surface area contributed by atoms with Gasteiger partial charge in [-0.15, -0.1) is 0 Å².